The van der Waals surface area contributed by atoms with E-state index in [1.165, 1.54) is 21.1 Å². The molecule has 8 heteroatoms. The standard InChI is InChI=1S/C14H22N4O3S/c1-17-8-12(7-13(17)14(15)19)22(20,21)18(2)11-5-9-3-4-10(6-11)16-9/h7-11,16H,3-6H2,1-2H3,(H2,15,19). The highest BCUT2D eigenvalue weighted by Crippen LogP contribution is 2.31. The summed E-state index contributed by atoms with van der Waals surface area (Å²) in [5.41, 5.74) is 5.45. The van der Waals surface area contributed by atoms with Gasteiger partial charge < -0.3 is 15.6 Å². The molecule has 0 saturated carbocycles. The molecule has 2 fully saturated rings. The maximum atomic E-state index is 12.8. The molecule has 2 bridgehead atoms. The fourth-order valence-electron chi connectivity index (χ4n) is 3.61. The van der Waals surface area contributed by atoms with Crippen molar-refractivity contribution in [2.75, 3.05) is 7.05 Å². The molecule has 0 aliphatic carbocycles. The summed E-state index contributed by atoms with van der Waals surface area (Å²) in [5.74, 6) is -0.633. The van der Waals surface area contributed by atoms with Gasteiger partial charge in [-0.15, -0.1) is 0 Å². The van der Waals surface area contributed by atoms with Crippen molar-refractivity contribution in [2.45, 2.75) is 48.7 Å². The molecule has 2 aliphatic heterocycles. The predicted octanol–water partition coefficient (Wildman–Crippen LogP) is 0.0275. The highest BCUT2D eigenvalue weighted by Gasteiger charge is 2.39. The number of hydrogen-bond acceptors (Lipinski definition) is 4. The van der Waals surface area contributed by atoms with E-state index >= 15 is 0 Å². The van der Waals surface area contributed by atoms with Gasteiger partial charge in [0, 0.05) is 38.4 Å². The number of aryl methyl sites for hydroxylation is 1. The minimum Gasteiger partial charge on any atom is -0.364 e. The van der Waals surface area contributed by atoms with E-state index in [1.807, 2.05) is 0 Å². The number of amides is 1. The Kier molecular flexibility index (Phi) is 3.78. The van der Waals surface area contributed by atoms with Gasteiger partial charge in [-0.05, 0) is 31.7 Å². The smallest absolute Gasteiger partial charge is 0.265 e. The number of fused-ring (bicyclic) bond motifs is 2. The first kappa shape index (κ1) is 15.5. The van der Waals surface area contributed by atoms with Crippen molar-refractivity contribution in [1.29, 1.82) is 0 Å². The Morgan fingerprint density at radius 3 is 2.45 bits per heavy atom. The lowest BCUT2D eigenvalue weighted by atomic mass is 10.0. The fourth-order valence-corrected chi connectivity index (χ4v) is 5.06. The molecular formula is C14H22N4O3S. The average Bonchev–Trinajstić information content (AvgIpc) is 3.01. The molecule has 2 atom stereocenters. The second-order valence-electron chi connectivity index (χ2n) is 6.32. The number of nitrogens with zero attached hydrogens (tertiary/aromatic N) is 2. The highest BCUT2D eigenvalue weighted by molar-refractivity contribution is 7.89. The monoisotopic (exact) mass is 326 g/mol. The molecule has 2 saturated heterocycles. The molecular weight excluding hydrogens is 304 g/mol. The molecule has 2 unspecified atom stereocenters. The Morgan fingerprint density at radius 1 is 1.36 bits per heavy atom. The maximum absolute atomic E-state index is 12.8. The zero-order valence-electron chi connectivity index (χ0n) is 12.8. The van der Waals surface area contributed by atoms with Crippen LogP contribution in [0, 0.1) is 0 Å². The summed E-state index contributed by atoms with van der Waals surface area (Å²) in [6.45, 7) is 0. The minimum absolute atomic E-state index is 0.000911. The first-order valence-corrected chi connectivity index (χ1v) is 8.93. The number of carbonyl (C=O) groups excluding carboxylic acids is 1. The number of nitrogens with two attached hydrogens (primary N) is 1. The minimum atomic E-state index is -3.62. The topological polar surface area (TPSA) is 97.4 Å². The zero-order chi connectivity index (χ0) is 16.1. The van der Waals surface area contributed by atoms with Crippen molar-refractivity contribution >= 4 is 15.9 Å². The van der Waals surface area contributed by atoms with Crippen molar-refractivity contribution in [2.24, 2.45) is 12.8 Å². The Balaban J connectivity index is 1.86. The second kappa shape index (κ2) is 5.36. The van der Waals surface area contributed by atoms with Crippen LogP contribution in [0.3, 0.4) is 0 Å². The van der Waals surface area contributed by atoms with Crippen LogP contribution >= 0.6 is 0 Å². The first-order valence-electron chi connectivity index (χ1n) is 7.49. The normalized spacial score (nSPS) is 28.2. The SMILES string of the molecule is CN(C1CC2CCC(C1)N2)S(=O)(=O)c1cc(C(N)=O)n(C)c1. The Morgan fingerprint density at radius 2 is 1.95 bits per heavy atom. The van der Waals surface area contributed by atoms with Crippen molar-refractivity contribution in [3.8, 4) is 0 Å². The van der Waals surface area contributed by atoms with Gasteiger partial charge in [0.15, 0.2) is 0 Å². The van der Waals surface area contributed by atoms with E-state index in [4.69, 9.17) is 5.73 Å². The number of aromatic nitrogens is 1. The number of primary amides is 1. The summed E-state index contributed by atoms with van der Waals surface area (Å²) in [4.78, 5) is 11.4. The summed E-state index contributed by atoms with van der Waals surface area (Å²) in [6, 6.07) is 2.18. The van der Waals surface area contributed by atoms with Crippen molar-refractivity contribution in [3.63, 3.8) is 0 Å². The van der Waals surface area contributed by atoms with Gasteiger partial charge in [0.25, 0.3) is 5.91 Å². The van der Waals surface area contributed by atoms with E-state index in [1.54, 1.807) is 14.1 Å². The third-order valence-corrected chi connectivity index (χ3v) is 6.75. The molecule has 0 radical (unpaired) electrons. The Hall–Kier alpha value is -1.38. The molecule has 3 N–H and O–H groups in total. The van der Waals surface area contributed by atoms with Crippen LogP contribution in [-0.2, 0) is 17.1 Å². The largest absolute Gasteiger partial charge is 0.364 e. The summed E-state index contributed by atoms with van der Waals surface area (Å²) < 4.78 is 28.5. The molecule has 1 aromatic heterocycles. The zero-order valence-corrected chi connectivity index (χ0v) is 13.6. The summed E-state index contributed by atoms with van der Waals surface area (Å²) in [5, 5.41) is 3.51. The molecule has 3 heterocycles. The lowest BCUT2D eigenvalue weighted by Crippen LogP contribution is -2.48. The summed E-state index contributed by atoms with van der Waals surface area (Å²) >= 11 is 0. The van der Waals surface area contributed by atoms with E-state index in [9.17, 15) is 13.2 Å². The summed E-state index contributed by atoms with van der Waals surface area (Å²) in [7, 11) is -0.374. The Bertz CT molecular complexity index is 685. The van der Waals surface area contributed by atoms with E-state index in [-0.39, 0.29) is 16.6 Å². The fraction of sp³-hybridized carbons (Fsp3) is 0.643. The van der Waals surface area contributed by atoms with Crippen LogP contribution < -0.4 is 11.1 Å². The van der Waals surface area contributed by atoms with E-state index in [0.29, 0.717) is 12.1 Å². The number of piperidine rings is 1. The van der Waals surface area contributed by atoms with Crippen LogP contribution in [0.2, 0.25) is 0 Å². The first-order chi connectivity index (χ1) is 10.3. The average molecular weight is 326 g/mol. The van der Waals surface area contributed by atoms with Gasteiger partial charge in [-0.2, -0.15) is 4.31 Å². The van der Waals surface area contributed by atoms with Crippen molar-refractivity contribution in [3.05, 3.63) is 18.0 Å². The van der Waals surface area contributed by atoms with E-state index in [0.717, 1.165) is 25.7 Å². The molecule has 0 aromatic carbocycles. The van der Waals surface area contributed by atoms with Crippen LogP contribution in [0.5, 0.6) is 0 Å². The number of nitrogens with one attached hydrogen (secondary N) is 1. The van der Waals surface area contributed by atoms with Crippen LogP contribution in [0.25, 0.3) is 0 Å². The molecule has 3 rings (SSSR count). The summed E-state index contributed by atoms with van der Waals surface area (Å²) in [6.07, 6.45) is 5.35. The van der Waals surface area contributed by atoms with Gasteiger partial charge in [-0.1, -0.05) is 0 Å². The predicted molar refractivity (Wildman–Crippen MR) is 81.8 cm³/mol. The molecule has 0 spiro atoms. The van der Waals surface area contributed by atoms with Gasteiger partial charge >= 0.3 is 0 Å². The third kappa shape index (κ3) is 2.55. The van der Waals surface area contributed by atoms with Gasteiger partial charge in [0.1, 0.15) is 10.6 Å². The van der Waals surface area contributed by atoms with Crippen LogP contribution in [0.1, 0.15) is 36.2 Å². The van der Waals surface area contributed by atoms with Gasteiger partial charge in [0.05, 0.1) is 0 Å². The van der Waals surface area contributed by atoms with Crippen LogP contribution in [0.4, 0.5) is 0 Å². The van der Waals surface area contributed by atoms with Crippen molar-refractivity contribution in [1.82, 2.24) is 14.2 Å². The quantitative estimate of drug-likeness (QED) is 0.815. The molecule has 122 valence electrons. The number of rotatable bonds is 4. The number of hydrogen-bond donors (Lipinski definition) is 2. The number of carbonyl (C=O) groups is 1. The van der Waals surface area contributed by atoms with Crippen molar-refractivity contribution < 1.29 is 13.2 Å². The van der Waals surface area contributed by atoms with Gasteiger partial charge in [-0.25, -0.2) is 8.42 Å². The molecule has 7 nitrogen and oxygen atoms in total. The second-order valence-corrected chi connectivity index (χ2v) is 8.32. The molecule has 2 aliphatic rings. The van der Waals surface area contributed by atoms with Crippen LogP contribution in [-0.4, -0.2) is 48.4 Å². The highest BCUT2D eigenvalue weighted by atomic mass is 32.2. The molecule has 22 heavy (non-hydrogen) atoms. The lowest BCUT2D eigenvalue weighted by Gasteiger charge is -2.34. The van der Waals surface area contributed by atoms with E-state index in [2.05, 4.69) is 5.32 Å². The van der Waals surface area contributed by atoms with Gasteiger partial charge in [-0.3, -0.25) is 4.79 Å². The third-order valence-electron chi connectivity index (χ3n) is 4.87. The lowest BCUT2D eigenvalue weighted by molar-refractivity contribution is 0.0992. The molecule has 1 aromatic rings. The van der Waals surface area contributed by atoms with Gasteiger partial charge in [0.2, 0.25) is 10.0 Å². The number of sulfonamides is 1. The molecule has 1 amide bonds. The van der Waals surface area contributed by atoms with E-state index < -0.39 is 15.9 Å². The maximum Gasteiger partial charge on any atom is 0.265 e. The van der Waals surface area contributed by atoms with Crippen LogP contribution in [0.15, 0.2) is 17.2 Å². The Labute approximate surface area is 130 Å².